The van der Waals surface area contributed by atoms with E-state index in [9.17, 15) is 24.9 Å². The summed E-state index contributed by atoms with van der Waals surface area (Å²) in [6.45, 7) is 6.27. The van der Waals surface area contributed by atoms with Gasteiger partial charge in [0.1, 0.15) is 0 Å². The van der Waals surface area contributed by atoms with Crippen molar-refractivity contribution in [3.8, 4) is 0 Å². The fourth-order valence-corrected chi connectivity index (χ4v) is 6.86. The van der Waals surface area contributed by atoms with Gasteiger partial charge in [0, 0.05) is 30.3 Å². The van der Waals surface area contributed by atoms with Crippen LogP contribution in [0, 0.1) is 5.92 Å². The minimum absolute atomic E-state index is 0.0529. The molecule has 2 atom stereocenters. The highest BCUT2D eigenvalue weighted by Gasteiger charge is 2.34. The Hall–Kier alpha value is -3.52. The Kier molecular flexibility index (Phi) is 12.3. The van der Waals surface area contributed by atoms with Crippen LogP contribution in [0.5, 0.6) is 0 Å². The summed E-state index contributed by atoms with van der Waals surface area (Å²) in [5.74, 6) is 0.176. The molecule has 3 N–H and O–H groups in total. The first-order valence-corrected chi connectivity index (χ1v) is 16.4. The smallest absolute Gasteiger partial charge is 0.254 e. The number of benzene rings is 3. The molecular weight excluding hydrogens is 564 g/mol. The number of aryl methyl sites for hydroxylation is 1. The molecule has 0 bridgehead atoms. The van der Waals surface area contributed by atoms with Gasteiger partial charge in [-0.2, -0.15) is 0 Å². The van der Waals surface area contributed by atoms with Gasteiger partial charge in [-0.3, -0.25) is 9.59 Å². The quantitative estimate of drug-likeness (QED) is 0.207. The molecule has 0 aliphatic heterocycles. The number of nitrogens with zero attached hydrogens (tertiary/aromatic N) is 2. The van der Waals surface area contributed by atoms with E-state index in [0.29, 0.717) is 36.4 Å². The summed E-state index contributed by atoms with van der Waals surface area (Å²) in [4.78, 5) is 31.3. The summed E-state index contributed by atoms with van der Waals surface area (Å²) >= 11 is 0. The lowest BCUT2D eigenvalue weighted by molar-refractivity contribution is 0.0478. The van der Waals surface area contributed by atoms with E-state index in [4.69, 9.17) is 0 Å². The molecule has 45 heavy (non-hydrogen) atoms. The molecule has 7 nitrogen and oxygen atoms in total. The number of carbonyl (C=O) groups excluding carboxylic acids is 2. The lowest BCUT2D eigenvalue weighted by atomic mass is 9.90. The predicted molar refractivity (Wildman–Crippen MR) is 178 cm³/mol. The number of hydrogen-bond donors (Lipinski definition) is 3. The van der Waals surface area contributed by atoms with E-state index in [2.05, 4.69) is 6.92 Å². The zero-order valence-electron chi connectivity index (χ0n) is 27.1. The van der Waals surface area contributed by atoms with Gasteiger partial charge in [-0.15, -0.1) is 0 Å². The molecule has 242 valence electrons. The second kappa shape index (κ2) is 16.2. The van der Waals surface area contributed by atoms with Gasteiger partial charge in [-0.05, 0) is 87.6 Å². The van der Waals surface area contributed by atoms with E-state index in [1.807, 2.05) is 91.5 Å². The molecular formula is C38H50N2O5. The molecule has 1 aliphatic carbocycles. The van der Waals surface area contributed by atoms with Crippen LogP contribution in [0.1, 0.15) is 90.3 Å². The maximum atomic E-state index is 14.0. The molecule has 0 saturated heterocycles. The van der Waals surface area contributed by atoms with E-state index in [1.165, 1.54) is 12.8 Å². The molecule has 0 radical (unpaired) electrons. The van der Waals surface area contributed by atoms with E-state index in [1.54, 1.807) is 11.0 Å². The fraction of sp³-hybridized carbons (Fsp3) is 0.474. The number of aliphatic hydroxyl groups is 3. The predicted octanol–water partition coefficient (Wildman–Crippen LogP) is 5.61. The molecule has 1 saturated carbocycles. The average Bonchev–Trinajstić information content (AvgIpc) is 3.60. The molecule has 2 amide bonds. The second-order valence-electron chi connectivity index (χ2n) is 12.8. The second-order valence-corrected chi connectivity index (χ2v) is 12.8. The van der Waals surface area contributed by atoms with Crippen molar-refractivity contribution in [2.45, 2.75) is 83.4 Å². The monoisotopic (exact) mass is 614 g/mol. The number of carbonyl (C=O) groups is 2. The van der Waals surface area contributed by atoms with Crippen molar-refractivity contribution in [1.82, 2.24) is 9.80 Å². The van der Waals surface area contributed by atoms with Crippen LogP contribution in [-0.2, 0) is 18.4 Å². The first-order valence-electron chi connectivity index (χ1n) is 16.4. The Morgan fingerprint density at radius 1 is 0.800 bits per heavy atom. The maximum Gasteiger partial charge on any atom is 0.254 e. The SMILES string of the molecule is CC(C1CCCC1)N(CCO)C(=O)c1ccccc1CCC(O)Cc1ccccc1C(=O)N(CCO)C(C)(C)c1ccccc1. The Labute approximate surface area is 268 Å². The third-order valence-electron chi connectivity index (χ3n) is 9.60. The Balaban J connectivity index is 1.48. The van der Waals surface area contributed by atoms with Crippen molar-refractivity contribution < 1.29 is 24.9 Å². The summed E-state index contributed by atoms with van der Waals surface area (Å²) in [6.07, 6.45) is 5.05. The number of rotatable bonds is 15. The highest BCUT2D eigenvalue weighted by Crippen LogP contribution is 2.32. The van der Waals surface area contributed by atoms with Crippen molar-refractivity contribution >= 4 is 11.8 Å². The topological polar surface area (TPSA) is 101 Å². The maximum absolute atomic E-state index is 14.0. The van der Waals surface area contributed by atoms with Gasteiger partial charge in [0.15, 0.2) is 0 Å². The molecule has 4 rings (SSSR count). The summed E-state index contributed by atoms with van der Waals surface area (Å²) in [6, 6.07) is 24.7. The molecule has 7 heteroatoms. The lowest BCUT2D eigenvalue weighted by Crippen LogP contribution is -2.47. The van der Waals surface area contributed by atoms with Crippen LogP contribution in [0.2, 0.25) is 0 Å². The van der Waals surface area contributed by atoms with Crippen molar-refractivity contribution in [3.63, 3.8) is 0 Å². The first kappa shape index (κ1) is 34.4. The summed E-state index contributed by atoms with van der Waals surface area (Å²) in [7, 11) is 0. The molecule has 1 fully saturated rings. The van der Waals surface area contributed by atoms with Crippen molar-refractivity contribution in [1.29, 1.82) is 0 Å². The minimum atomic E-state index is -0.735. The van der Waals surface area contributed by atoms with Crippen LogP contribution in [0.25, 0.3) is 0 Å². The highest BCUT2D eigenvalue weighted by molar-refractivity contribution is 5.96. The minimum Gasteiger partial charge on any atom is -0.395 e. The van der Waals surface area contributed by atoms with Crippen LogP contribution >= 0.6 is 0 Å². The van der Waals surface area contributed by atoms with Crippen molar-refractivity contribution in [2.75, 3.05) is 26.3 Å². The third-order valence-corrected chi connectivity index (χ3v) is 9.60. The Bertz CT molecular complexity index is 1390. The number of hydrogen-bond acceptors (Lipinski definition) is 5. The van der Waals surface area contributed by atoms with Crippen molar-refractivity contribution in [2.24, 2.45) is 5.92 Å². The van der Waals surface area contributed by atoms with E-state index in [-0.39, 0.29) is 44.0 Å². The lowest BCUT2D eigenvalue weighted by Gasteiger charge is -2.39. The van der Waals surface area contributed by atoms with Gasteiger partial charge in [0.25, 0.3) is 11.8 Å². The van der Waals surface area contributed by atoms with Gasteiger partial charge < -0.3 is 25.1 Å². The van der Waals surface area contributed by atoms with E-state index >= 15 is 0 Å². The normalized spacial score (nSPS) is 15.1. The summed E-state index contributed by atoms with van der Waals surface area (Å²) in [5.41, 5.74) is 3.03. The van der Waals surface area contributed by atoms with Gasteiger partial charge in [0.2, 0.25) is 0 Å². The third kappa shape index (κ3) is 8.40. The van der Waals surface area contributed by atoms with Crippen LogP contribution in [0.4, 0.5) is 0 Å². The molecule has 3 aromatic rings. The molecule has 2 unspecified atom stereocenters. The Morgan fingerprint density at radius 2 is 1.36 bits per heavy atom. The Morgan fingerprint density at radius 3 is 1.98 bits per heavy atom. The molecule has 1 aliphatic rings. The molecule has 0 heterocycles. The van der Waals surface area contributed by atoms with E-state index < -0.39 is 11.6 Å². The van der Waals surface area contributed by atoms with Gasteiger partial charge in [-0.1, -0.05) is 79.6 Å². The number of aliphatic hydroxyl groups excluding tert-OH is 3. The first-order chi connectivity index (χ1) is 21.7. The van der Waals surface area contributed by atoms with Crippen LogP contribution in [0.15, 0.2) is 78.9 Å². The molecule has 3 aromatic carbocycles. The highest BCUT2D eigenvalue weighted by atomic mass is 16.3. The molecule has 0 aromatic heterocycles. The zero-order valence-corrected chi connectivity index (χ0v) is 27.1. The molecule has 0 spiro atoms. The van der Waals surface area contributed by atoms with Crippen LogP contribution in [0.3, 0.4) is 0 Å². The van der Waals surface area contributed by atoms with E-state index in [0.717, 1.165) is 29.5 Å². The van der Waals surface area contributed by atoms with Crippen LogP contribution < -0.4 is 0 Å². The standard InChI is InChI=1S/C38H50N2O5/c1-28(29-13-7-8-14-29)39(23-25-41)36(44)34-19-11-9-15-30(34)21-22-33(43)27-31-16-10-12-20-35(31)37(45)40(24-26-42)38(2,3)32-17-5-4-6-18-32/h4-6,9-12,15-20,28-29,33,41-43H,7-8,13-14,21-27H2,1-3H3. The van der Waals surface area contributed by atoms with Gasteiger partial charge in [-0.25, -0.2) is 0 Å². The van der Waals surface area contributed by atoms with Gasteiger partial charge >= 0.3 is 0 Å². The largest absolute Gasteiger partial charge is 0.395 e. The average molecular weight is 615 g/mol. The van der Waals surface area contributed by atoms with Crippen LogP contribution in [-0.4, -0.2) is 75.4 Å². The number of amides is 2. The van der Waals surface area contributed by atoms with Crippen molar-refractivity contribution in [3.05, 3.63) is 107 Å². The summed E-state index contributed by atoms with van der Waals surface area (Å²) in [5, 5.41) is 30.9. The zero-order chi connectivity index (χ0) is 32.4. The summed E-state index contributed by atoms with van der Waals surface area (Å²) < 4.78 is 0. The van der Waals surface area contributed by atoms with Gasteiger partial charge in [0.05, 0.1) is 24.9 Å². The fourth-order valence-electron chi connectivity index (χ4n) is 6.86.